The molecule has 0 amide bonds. The molecule has 0 atom stereocenters. The first-order chi connectivity index (χ1) is 7.06. The molecule has 0 aliphatic carbocycles. The number of phenols is 2. The molecule has 0 aromatic heterocycles. The van der Waals surface area contributed by atoms with Crippen LogP contribution in [0.25, 0.3) is 0 Å². The van der Waals surface area contributed by atoms with Gasteiger partial charge < -0.3 is 10.2 Å². The van der Waals surface area contributed by atoms with Crippen molar-refractivity contribution < 1.29 is 10.2 Å². The molecule has 1 aromatic rings. The number of hydrogen-bond donors (Lipinski definition) is 2. The van der Waals surface area contributed by atoms with Gasteiger partial charge in [-0.1, -0.05) is 23.2 Å². The molecule has 0 bridgehead atoms. The molecule has 0 unspecified atom stereocenters. The minimum Gasteiger partial charge on any atom is -0.504 e. The maximum atomic E-state index is 9.60. The van der Waals surface area contributed by atoms with Gasteiger partial charge >= 0.3 is 0 Å². The smallest absolute Gasteiger partial charge is 0.245 e. The van der Waals surface area contributed by atoms with Crippen LogP contribution in [0.2, 0.25) is 10.0 Å². The number of rotatable bonds is 0. The molecule has 2 N–H and O–H groups in total. The van der Waals surface area contributed by atoms with Crippen molar-refractivity contribution in [2.75, 3.05) is 7.05 Å². The molecule has 5 nitrogen and oxygen atoms in total. The van der Waals surface area contributed by atoms with Crippen LogP contribution in [-0.2, 0) is 0 Å². The van der Waals surface area contributed by atoms with E-state index in [-0.39, 0.29) is 38.2 Å². The second-order valence-corrected chi connectivity index (χ2v) is 3.53. The molecule has 1 aromatic carbocycles. The summed E-state index contributed by atoms with van der Waals surface area (Å²) in [4.78, 5) is 11.4. The Kier molecular flexibility index (Phi) is 2.28. The number of aromatic hydroxyl groups is 2. The maximum absolute atomic E-state index is 9.60. The lowest BCUT2D eigenvalue weighted by Gasteiger charge is -2.00. The van der Waals surface area contributed by atoms with Crippen molar-refractivity contribution in [2.45, 2.75) is 0 Å². The second kappa shape index (κ2) is 3.36. The average Bonchev–Trinajstić information content (AvgIpc) is 2.67. The van der Waals surface area contributed by atoms with Gasteiger partial charge in [-0.05, 0) is 0 Å². The van der Waals surface area contributed by atoms with Crippen LogP contribution in [0.1, 0.15) is 0 Å². The van der Waals surface area contributed by atoms with Gasteiger partial charge in [0.2, 0.25) is 5.96 Å². The molecule has 15 heavy (non-hydrogen) atoms. The largest absolute Gasteiger partial charge is 0.504 e. The van der Waals surface area contributed by atoms with Crippen LogP contribution >= 0.6 is 23.2 Å². The van der Waals surface area contributed by atoms with E-state index in [0.717, 1.165) is 0 Å². The van der Waals surface area contributed by atoms with Crippen LogP contribution in [-0.4, -0.2) is 23.2 Å². The Morgan fingerprint density at radius 2 is 1.40 bits per heavy atom. The number of hydrogen-bond acceptors (Lipinski definition) is 3. The van der Waals surface area contributed by atoms with Crippen molar-refractivity contribution in [1.82, 2.24) is 0 Å². The highest BCUT2D eigenvalue weighted by atomic mass is 35.5. The molecule has 2 rings (SSSR count). The predicted molar refractivity (Wildman–Crippen MR) is 55.5 cm³/mol. The predicted octanol–water partition coefficient (Wildman–Crippen LogP) is 0.643. The summed E-state index contributed by atoms with van der Waals surface area (Å²) < 4.78 is 0. The van der Waals surface area contributed by atoms with Crippen LogP contribution in [0.4, 0.5) is 0 Å². The second-order valence-electron chi connectivity index (χ2n) is 2.77. The summed E-state index contributed by atoms with van der Waals surface area (Å²) in [6.07, 6.45) is 0. The van der Waals surface area contributed by atoms with Crippen LogP contribution in [0.3, 0.4) is 0 Å². The quantitative estimate of drug-likeness (QED) is 0.659. The van der Waals surface area contributed by atoms with Gasteiger partial charge in [0.1, 0.15) is 20.8 Å². The van der Waals surface area contributed by atoms with Gasteiger partial charge in [0.15, 0.2) is 11.5 Å². The fraction of sp³-hybridized carbons (Fsp3) is 0.125. The SMILES string of the molecule is CN=C1N=c2c(O)c(Cl)c(Cl)c(O)c2=N1. The minimum atomic E-state index is -0.308. The van der Waals surface area contributed by atoms with E-state index in [9.17, 15) is 10.2 Å². The molecule has 78 valence electrons. The summed E-state index contributed by atoms with van der Waals surface area (Å²) in [6.45, 7) is 0. The number of phenolic OH excluding ortho intramolecular Hbond substituents is 2. The van der Waals surface area contributed by atoms with Gasteiger partial charge in [0.25, 0.3) is 0 Å². The van der Waals surface area contributed by atoms with Gasteiger partial charge in [-0.25, -0.2) is 9.98 Å². The first-order valence-corrected chi connectivity index (χ1v) is 4.65. The number of nitrogens with zero attached hydrogens (tertiary/aromatic N) is 3. The van der Waals surface area contributed by atoms with Crippen LogP contribution < -0.4 is 10.7 Å². The summed E-state index contributed by atoms with van der Waals surface area (Å²) in [5.74, 6) is -0.470. The Labute approximate surface area is 94.0 Å². The highest BCUT2D eigenvalue weighted by molar-refractivity contribution is 6.43. The third kappa shape index (κ3) is 1.35. The highest BCUT2D eigenvalue weighted by Crippen LogP contribution is 2.32. The van der Waals surface area contributed by atoms with Gasteiger partial charge in [0, 0.05) is 7.05 Å². The third-order valence-electron chi connectivity index (χ3n) is 1.91. The molecule has 1 aliphatic rings. The maximum Gasteiger partial charge on any atom is 0.245 e. The summed E-state index contributed by atoms with van der Waals surface area (Å²) in [5, 5.41) is 19.1. The van der Waals surface area contributed by atoms with E-state index in [2.05, 4.69) is 15.0 Å². The summed E-state index contributed by atoms with van der Waals surface area (Å²) in [7, 11) is 1.49. The Hall–Kier alpha value is -1.33. The van der Waals surface area contributed by atoms with Crippen molar-refractivity contribution in [3.05, 3.63) is 20.8 Å². The fourth-order valence-electron chi connectivity index (χ4n) is 1.18. The molecule has 1 aliphatic heterocycles. The van der Waals surface area contributed by atoms with Gasteiger partial charge in [-0.3, -0.25) is 4.99 Å². The number of halogens is 2. The van der Waals surface area contributed by atoms with E-state index in [4.69, 9.17) is 23.2 Å². The standard InChI is InChI=1S/C8H5Cl2N3O2/c1-11-8-12-4-5(13-8)7(15)3(10)2(9)6(4)14/h14-15H,1H3. The first-order valence-electron chi connectivity index (χ1n) is 3.89. The monoisotopic (exact) mass is 245 g/mol. The van der Waals surface area contributed by atoms with Crippen LogP contribution in [0, 0.1) is 0 Å². The van der Waals surface area contributed by atoms with Crippen molar-refractivity contribution in [3.8, 4) is 11.5 Å². The van der Waals surface area contributed by atoms with Gasteiger partial charge in [-0.2, -0.15) is 0 Å². The highest BCUT2D eigenvalue weighted by Gasteiger charge is 2.19. The van der Waals surface area contributed by atoms with Crippen molar-refractivity contribution in [2.24, 2.45) is 15.0 Å². The Bertz CT molecular complexity index is 546. The van der Waals surface area contributed by atoms with Crippen molar-refractivity contribution in [1.29, 1.82) is 0 Å². The zero-order chi connectivity index (χ0) is 11.2. The van der Waals surface area contributed by atoms with Crippen molar-refractivity contribution >= 4 is 29.2 Å². The zero-order valence-electron chi connectivity index (χ0n) is 7.49. The van der Waals surface area contributed by atoms with E-state index < -0.39 is 0 Å². The molecule has 0 fully saturated rings. The first kappa shape index (κ1) is 10.2. The molecule has 0 saturated carbocycles. The Balaban J connectivity index is 3.00. The molecule has 0 radical (unpaired) electrons. The lowest BCUT2D eigenvalue weighted by molar-refractivity contribution is 0.450. The molecular formula is C8H5Cl2N3O2. The summed E-state index contributed by atoms with van der Waals surface area (Å²) >= 11 is 11.3. The van der Waals surface area contributed by atoms with E-state index in [1.165, 1.54) is 7.05 Å². The fourth-order valence-corrected chi connectivity index (χ4v) is 1.53. The van der Waals surface area contributed by atoms with Crippen LogP contribution in [0.5, 0.6) is 11.5 Å². The summed E-state index contributed by atoms with van der Waals surface area (Å²) in [6, 6.07) is 0. The normalized spacial score (nSPS) is 13.1. The molecule has 7 heteroatoms. The third-order valence-corrected chi connectivity index (χ3v) is 2.74. The van der Waals surface area contributed by atoms with E-state index in [1.807, 2.05) is 0 Å². The van der Waals surface area contributed by atoms with Gasteiger partial charge in [0.05, 0.1) is 0 Å². The van der Waals surface area contributed by atoms with Crippen molar-refractivity contribution in [3.63, 3.8) is 0 Å². The number of benzene rings is 1. The number of guanidine groups is 1. The lowest BCUT2D eigenvalue weighted by Crippen LogP contribution is -2.22. The summed E-state index contributed by atoms with van der Waals surface area (Å²) in [5.41, 5.74) is 0. The van der Waals surface area contributed by atoms with Gasteiger partial charge in [-0.15, -0.1) is 0 Å². The number of aliphatic imine (C=N–C) groups is 1. The number of fused-ring (bicyclic) bond motifs is 1. The van der Waals surface area contributed by atoms with E-state index >= 15 is 0 Å². The molecular weight excluding hydrogens is 241 g/mol. The average molecular weight is 246 g/mol. The van der Waals surface area contributed by atoms with E-state index in [0.29, 0.717) is 0 Å². The molecule has 0 saturated heterocycles. The molecule has 1 heterocycles. The lowest BCUT2D eigenvalue weighted by atomic mass is 10.3. The Morgan fingerprint density at radius 1 is 1.00 bits per heavy atom. The zero-order valence-corrected chi connectivity index (χ0v) is 9.00. The van der Waals surface area contributed by atoms with E-state index in [1.54, 1.807) is 0 Å². The minimum absolute atomic E-state index is 0.0856. The topological polar surface area (TPSA) is 77.5 Å². The Morgan fingerprint density at radius 3 is 1.73 bits per heavy atom. The van der Waals surface area contributed by atoms with Crippen LogP contribution in [0.15, 0.2) is 15.0 Å². The molecule has 0 spiro atoms.